The number of halogens is 1. The van der Waals surface area contributed by atoms with Crippen molar-refractivity contribution >= 4 is 34.2 Å². The van der Waals surface area contributed by atoms with Crippen LogP contribution in [0.25, 0.3) is 0 Å². The van der Waals surface area contributed by atoms with Gasteiger partial charge >= 0.3 is 0 Å². The first kappa shape index (κ1) is 15.4. The Bertz CT molecular complexity index is 733. The number of nitrogens with two attached hydrogens (primary N) is 1. The number of nitrogens with one attached hydrogen (secondary N) is 1. The molecule has 0 aliphatic carbocycles. The van der Waals surface area contributed by atoms with Crippen molar-refractivity contribution in [2.75, 3.05) is 11.9 Å². The summed E-state index contributed by atoms with van der Waals surface area (Å²) in [5.41, 5.74) is 7.15. The molecule has 106 valence electrons. The number of benzene rings is 2. The summed E-state index contributed by atoms with van der Waals surface area (Å²) >= 11 is 2.00. The summed E-state index contributed by atoms with van der Waals surface area (Å²) < 4.78 is 0.697. The minimum absolute atomic E-state index is 0.0887. The maximum atomic E-state index is 12.1. The molecule has 0 heterocycles. The van der Waals surface area contributed by atoms with Crippen LogP contribution in [-0.2, 0) is 0 Å². The highest BCUT2D eigenvalue weighted by molar-refractivity contribution is 14.1. The molecule has 0 radical (unpaired) electrons. The summed E-state index contributed by atoms with van der Waals surface area (Å²) in [6.45, 7) is 0.290. The van der Waals surface area contributed by atoms with Crippen molar-refractivity contribution in [1.82, 2.24) is 0 Å². The molecule has 2 aromatic rings. The Kier molecular flexibility index (Phi) is 5.20. The molecule has 4 N–H and O–H groups in total. The van der Waals surface area contributed by atoms with Gasteiger partial charge in [0.2, 0.25) is 0 Å². The molecular weight excluding hydrogens is 379 g/mol. The van der Waals surface area contributed by atoms with E-state index in [2.05, 4.69) is 17.2 Å². The van der Waals surface area contributed by atoms with Crippen LogP contribution in [0.2, 0.25) is 0 Å². The van der Waals surface area contributed by atoms with Crippen molar-refractivity contribution in [3.05, 3.63) is 57.2 Å². The quantitative estimate of drug-likeness (QED) is 0.543. The molecule has 0 aromatic heterocycles. The van der Waals surface area contributed by atoms with Crippen LogP contribution < -0.4 is 11.1 Å². The number of hydrogen-bond acceptors (Lipinski definition) is 3. The number of carbonyl (C=O) groups is 1. The molecule has 5 heteroatoms. The van der Waals surface area contributed by atoms with Crippen molar-refractivity contribution in [3.63, 3.8) is 0 Å². The third kappa shape index (κ3) is 4.21. The van der Waals surface area contributed by atoms with Gasteiger partial charge in [0.05, 0.1) is 10.1 Å². The summed E-state index contributed by atoms with van der Waals surface area (Å²) in [4.78, 5) is 12.1. The second-order valence-corrected chi connectivity index (χ2v) is 5.37. The topological polar surface area (TPSA) is 75.3 Å². The van der Waals surface area contributed by atoms with Crippen molar-refractivity contribution in [1.29, 1.82) is 0 Å². The summed E-state index contributed by atoms with van der Waals surface area (Å²) in [7, 11) is 0. The lowest BCUT2D eigenvalue weighted by Crippen LogP contribution is -2.11. The second-order valence-electron chi connectivity index (χ2n) is 4.21. The zero-order valence-electron chi connectivity index (χ0n) is 11.1. The number of phenols is 1. The van der Waals surface area contributed by atoms with Crippen LogP contribution in [0.5, 0.6) is 5.75 Å². The van der Waals surface area contributed by atoms with Gasteiger partial charge in [-0.1, -0.05) is 17.9 Å². The van der Waals surface area contributed by atoms with Gasteiger partial charge in [-0.25, -0.2) is 0 Å². The Morgan fingerprint density at radius 3 is 2.81 bits per heavy atom. The van der Waals surface area contributed by atoms with Gasteiger partial charge in [0.25, 0.3) is 5.91 Å². The van der Waals surface area contributed by atoms with Gasteiger partial charge in [-0.2, -0.15) is 0 Å². The molecule has 0 saturated carbocycles. The van der Waals surface area contributed by atoms with E-state index in [-0.39, 0.29) is 11.7 Å². The minimum atomic E-state index is -0.286. The van der Waals surface area contributed by atoms with Gasteiger partial charge < -0.3 is 16.2 Å². The first-order valence-corrected chi connectivity index (χ1v) is 7.27. The lowest BCUT2D eigenvalue weighted by atomic mass is 10.1. The van der Waals surface area contributed by atoms with E-state index in [0.29, 0.717) is 21.4 Å². The maximum Gasteiger partial charge on any atom is 0.255 e. The number of carbonyl (C=O) groups excluding carboxylic acids is 1. The summed E-state index contributed by atoms with van der Waals surface area (Å²) in [5, 5.41) is 12.4. The summed E-state index contributed by atoms with van der Waals surface area (Å²) in [5.74, 6) is 5.47. The van der Waals surface area contributed by atoms with E-state index >= 15 is 0 Å². The molecule has 21 heavy (non-hydrogen) atoms. The minimum Gasteiger partial charge on any atom is -0.507 e. The van der Waals surface area contributed by atoms with Gasteiger partial charge in [0, 0.05) is 16.8 Å². The fourth-order valence-corrected chi connectivity index (χ4v) is 2.02. The number of hydrogen-bond donors (Lipinski definition) is 3. The van der Waals surface area contributed by atoms with E-state index in [1.165, 1.54) is 6.07 Å². The fourth-order valence-electron chi connectivity index (χ4n) is 1.68. The summed E-state index contributed by atoms with van der Waals surface area (Å²) in [6, 6.07) is 12.0. The molecule has 0 aliphatic rings. The predicted molar refractivity (Wildman–Crippen MR) is 91.2 cm³/mol. The molecular formula is C16H13IN2O2. The normalized spacial score (nSPS) is 9.62. The van der Waals surface area contributed by atoms with Crippen LogP contribution in [0.3, 0.4) is 0 Å². The molecule has 0 atom stereocenters. The van der Waals surface area contributed by atoms with E-state index in [1.807, 2.05) is 34.7 Å². The molecule has 0 saturated heterocycles. The first-order valence-electron chi connectivity index (χ1n) is 6.19. The molecule has 0 unspecified atom stereocenters. The highest BCUT2D eigenvalue weighted by Crippen LogP contribution is 2.21. The van der Waals surface area contributed by atoms with E-state index in [0.717, 1.165) is 5.56 Å². The number of phenolic OH excluding ortho intramolecular Hbond substituents is 1. The van der Waals surface area contributed by atoms with E-state index in [9.17, 15) is 9.90 Å². The van der Waals surface area contributed by atoms with Crippen LogP contribution in [-0.4, -0.2) is 17.6 Å². The standard InChI is InChI=1S/C16H13IN2O2/c17-14-7-6-12(10-15(14)20)16(21)19-13-5-1-3-11(9-13)4-2-8-18/h1,3,5-7,9-10,20H,8,18H2,(H,19,21). The van der Waals surface area contributed by atoms with Crippen LogP contribution in [0.15, 0.2) is 42.5 Å². The Morgan fingerprint density at radius 1 is 1.29 bits per heavy atom. The zero-order valence-corrected chi connectivity index (χ0v) is 13.2. The Balaban J connectivity index is 2.17. The molecule has 0 fully saturated rings. The summed E-state index contributed by atoms with van der Waals surface area (Å²) in [6.07, 6.45) is 0. The Hall–Kier alpha value is -2.04. The van der Waals surface area contributed by atoms with E-state index in [4.69, 9.17) is 5.73 Å². The number of amides is 1. The Labute approximate surface area is 136 Å². The molecule has 0 aliphatic heterocycles. The maximum absolute atomic E-state index is 12.1. The molecule has 0 spiro atoms. The van der Waals surface area contributed by atoms with Crippen LogP contribution in [0.1, 0.15) is 15.9 Å². The van der Waals surface area contributed by atoms with E-state index < -0.39 is 0 Å². The van der Waals surface area contributed by atoms with Crippen molar-refractivity contribution in [2.24, 2.45) is 5.73 Å². The Morgan fingerprint density at radius 2 is 2.10 bits per heavy atom. The monoisotopic (exact) mass is 392 g/mol. The lowest BCUT2D eigenvalue weighted by molar-refractivity contribution is 0.102. The van der Waals surface area contributed by atoms with Gasteiger partial charge in [-0.15, -0.1) is 0 Å². The van der Waals surface area contributed by atoms with Crippen molar-refractivity contribution < 1.29 is 9.90 Å². The highest BCUT2D eigenvalue weighted by atomic mass is 127. The molecule has 2 rings (SSSR count). The van der Waals surface area contributed by atoms with Crippen LogP contribution in [0.4, 0.5) is 5.69 Å². The van der Waals surface area contributed by atoms with E-state index in [1.54, 1.807) is 24.3 Å². The average Bonchev–Trinajstić information content (AvgIpc) is 2.48. The number of aromatic hydroxyl groups is 1. The van der Waals surface area contributed by atoms with Crippen molar-refractivity contribution in [2.45, 2.75) is 0 Å². The number of anilines is 1. The first-order chi connectivity index (χ1) is 10.1. The van der Waals surface area contributed by atoms with Gasteiger partial charge in [0.1, 0.15) is 5.75 Å². The third-order valence-electron chi connectivity index (χ3n) is 2.66. The van der Waals surface area contributed by atoms with Gasteiger partial charge in [0.15, 0.2) is 0 Å². The third-order valence-corrected chi connectivity index (χ3v) is 3.58. The largest absolute Gasteiger partial charge is 0.507 e. The predicted octanol–water partition coefficient (Wildman–Crippen LogP) is 2.56. The molecule has 0 bridgehead atoms. The molecule has 1 amide bonds. The molecule has 2 aromatic carbocycles. The smallest absolute Gasteiger partial charge is 0.255 e. The molecule has 4 nitrogen and oxygen atoms in total. The SMILES string of the molecule is NCC#Cc1cccc(NC(=O)c2ccc(I)c(O)c2)c1. The van der Waals surface area contributed by atoms with Crippen LogP contribution in [0, 0.1) is 15.4 Å². The van der Waals surface area contributed by atoms with Gasteiger partial charge in [-0.3, -0.25) is 4.79 Å². The van der Waals surface area contributed by atoms with Crippen LogP contribution >= 0.6 is 22.6 Å². The highest BCUT2D eigenvalue weighted by Gasteiger charge is 2.08. The van der Waals surface area contributed by atoms with Crippen molar-refractivity contribution in [3.8, 4) is 17.6 Å². The average molecular weight is 392 g/mol. The van der Waals surface area contributed by atoms with Gasteiger partial charge in [-0.05, 0) is 59.0 Å². The second kappa shape index (κ2) is 7.11. The number of rotatable bonds is 2. The fraction of sp³-hybridized carbons (Fsp3) is 0.0625. The zero-order chi connectivity index (χ0) is 15.2. The lowest BCUT2D eigenvalue weighted by Gasteiger charge is -2.06.